The van der Waals surface area contributed by atoms with Crippen LogP contribution in [0, 0.1) is 5.41 Å². The van der Waals surface area contributed by atoms with Crippen LogP contribution in [0.15, 0.2) is 39.7 Å². The number of benzene rings is 1. The van der Waals surface area contributed by atoms with Gasteiger partial charge in [-0.15, -0.1) is 0 Å². The molecule has 0 atom stereocenters. The molecule has 70 valence electrons. The van der Waals surface area contributed by atoms with Gasteiger partial charge in [0.15, 0.2) is 5.43 Å². The number of rotatable bonds is 1. The molecule has 2 aromatic rings. The van der Waals surface area contributed by atoms with Crippen LogP contribution in [0.5, 0.6) is 0 Å². The number of nitrogens with one attached hydrogen (secondary N) is 1. The lowest BCUT2D eigenvalue weighted by molar-refractivity contribution is 0.602. The molecule has 0 radical (unpaired) electrons. The van der Waals surface area contributed by atoms with Crippen LogP contribution >= 0.6 is 0 Å². The maximum atomic E-state index is 11.4. The van der Waals surface area contributed by atoms with Gasteiger partial charge < -0.3 is 10.2 Å². The third kappa shape index (κ3) is 1.26. The van der Waals surface area contributed by atoms with E-state index < -0.39 is 0 Å². The Hall–Kier alpha value is -2.10. The molecule has 0 saturated carbocycles. The van der Waals surface area contributed by atoms with Crippen molar-refractivity contribution in [1.29, 1.82) is 5.41 Å². The summed E-state index contributed by atoms with van der Waals surface area (Å²) in [5.41, 5.74) is 6.20. The first-order valence-corrected chi connectivity index (χ1v) is 4.04. The van der Waals surface area contributed by atoms with E-state index in [1.807, 2.05) is 0 Å². The molecule has 0 amide bonds. The highest BCUT2D eigenvalue weighted by molar-refractivity contribution is 5.98. The lowest BCUT2D eigenvalue weighted by Crippen LogP contribution is -2.11. The molecular weight excluding hydrogens is 180 g/mol. The lowest BCUT2D eigenvalue weighted by Gasteiger charge is -1.99. The van der Waals surface area contributed by atoms with Crippen molar-refractivity contribution in [2.24, 2.45) is 5.73 Å². The maximum absolute atomic E-state index is 11.4. The molecule has 14 heavy (non-hydrogen) atoms. The molecule has 0 fully saturated rings. The van der Waals surface area contributed by atoms with Gasteiger partial charge in [-0.2, -0.15) is 0 Å². The van der Waals surface area contributed by atoms with Crippen LogP contribution in [-0.2, 0) is 0 Å². The van der Waals surface area contributed by atoms with Gasteiger partial charge in [0.25, 0.3) is 0 Å². The Kier molecular flexibility index (Phi) is 1.81. The molecule has 4 heteroatoms. The van der Waals surface area contributed by atoms with E-state index in [9.17, 15) is 4.79 Å². The summed E-state index contributed by atoms with van der Waals surface area (Å²) in [6, 6.07) is 6.18. The van der Waals surface area contributed by atoms with Gasteiger partial charge in [-0.3, -0.25) is 10.2 Å². The van der Waals surface area contributed by atoms with E-state index in [2.05, 4.69) is 0 Å². The second-order valence-corrected chi connectivity index (χ2v) is 2.91. The molecule has 1 aromatic heterocycles. The van der Waals surface area contributed by atoms with Gasteiger partial charge in [-0.1, -0.05) is 0 Å². The number of hydrogen-bond donors (Lipinski definition) is 2. The van der Waals surface area contributed by atoms with Crippen LogP contribution in [0.3, 0.4) is 0 Å². The van der Waals surface area contributed by atoms with Crippen molar-refractivity contribution >= 4 is 16.8 Å². The second kappa shape index (κ2) is 2.99. The first kappa shape index (κ1) is 8.50. The Morgan fingerprint density at radius 1 is 1.36 bits per heavy atom. The molecular formula is C10H8N2O2. The Morgan fingerprint density at radius 2 is 2.14 bits per heavy atom. The molecule has 3 N–H and O–H groups in total. The maximum Gasteiger partial charge on any atom is 0.192 e. The second-order valence-electron chi connectivity index (χ2n) is 2.91. The van der Waals surface area contributed by atoms with Gasteiger partial charge in [0.1, 0.15) is 11.4 Å². The van der Waals surface area contributed by atoms with Crippen molar-refractivity contribution in [2.75, 3.05) is 0 Å². The Balaban J connectivity index is 2.83. The number of nitrogen functional groups attached to an aromatic ring is 1. The summed E-state index contributed by atoms with van der Waals surface area (Å²) in [5, 5.41) is 7.67. The van der Waals surface area contributed by atoms with Crippen LogP contribution in [0.4, 0.5) is 0 Å². The predicted octanol–water partition coefficient (Wildman–Crippen LogP) is 1.08. The Labute approximate surface area is 79.5 Å². The van der Waals surface area contributed by atoms with Gasteiger partial charge in [0.05, 0.1) is 11.6 Å². The zero-order valence-electron chi connectivity index (χ0n) is 7.28. The highest BCUT2D eigenvalue weighted by Gasteiger charge is 2.02. The van der Waals surface area contributed by atoms with Crippen molar-refractivity contribution in [3.05, 3.63) is 46.3 Å². The molecule has 0 saturated heterocycles. The van der Waals surface area contributed by atoms with Gasteiger partial charge in [0, 0.05) is 11.6 Å². The minimum Gasteiger partial charge on any atom is -0.464 e. The lowest BCUT2D eigenvalue weighted by atomic mass is 10.1. The quantitative estimate of drug-likeness (QED) is 0.519. The highest BCUT2D eigenvalue weighted by atomic mass is 16.3. The number of amidine groups is 1. The molecule has 0 aliphatic heterocycles. The summed E-state index contributed by atoms with van der Waals surface area (Å²) >= 11 is 0. The topological polar surface area (TPSA) is 80.1 Å². The molecule has 0 bridgehead atoms. The minimum atomic E-state index is -0.130. The normalized spacial score (nSPS) is 10.3. The molecule has 1 heterocycles. The summed E-state index contributed by atoms with van der Waals surface area (Å²) in [5.74, 6) is -0.0600. The SMILES string of the molecule is N=C(N)c1ccc2occc(=O)c2c1. The van der Waals surface area contributed by atoms with E-state index in [-0.39, 0.29) is 11.3 Å². The van der Waals surface area contributed by atoms with Crippen molar-refractivity contribution < 1.29 is 4.42 Å². The van der Waals surface area contributed by atoms with Gasteiger partial charge in [-0.25, -0.2) is 0 Å². The zero-order valence-corrected chi connectivity index (χ0v) is 7.28. The van der Waals surface area contributed by atoms with Gasteiger partial charge >= 0.3 is 0 Å². The molecule has 0 aliphatic carbocycles. The molecule has 1 aromatic carbocycles. The summed E-state index contributed by atoms with van der Waals surface area (Å²) in [7, 11) is 0. The summed E-state index contributed by atoms with van der Waals surface area (Å²) in [6.07, 6.45) is 1.35. The molecule has 2 rings (SSSR count). The van der Waals surface area contributed by atoms with E-state index in [1.165, 1.54) is 12.3 Å². The number of fused-ring (bicyclic) bond motifs is 1. The van der Waals surface area contributed by atoms with E-state index >= 15 is 0 Å². The van der Waals surface area contributed by atoms with Crippen LogP contribution in [-0.4, -0.2) is 5.84 Å². The van der Waals surface area contributed by atoms with E-state index in [0.29, 0.717) is 16.5 Å². The highest BCUT2D eigenvalue weighted by Crippen LogP contribution is 2.11. The third-order valence-corrected chi connectivity index (χ3v) is 1.97. The fraction of sp³-hybridized carbons (Fsp3) is 0. The van der Waals surface area contributed by atoms with Crippen LogP contribution in [0.2, 0.25) is 0 Å². The Morgan fingerprint density at radius 3 is 2.86 bits per heavy atom. The van der Waals surface area contributed by atoms with Gasteiger partial charge in [0.2, 0.25) is 0 Å². The summed E-state index contributed by atoms with van der Waals surface area (Å²) < 4.78 is 5.12. The standard InChI is InChI=1S/C10H8N2O2/c11-10(12)6-1-2-9-7(5-6)8(13)3-4-14-9/h1-5H,(H3,11,12). The van der Waals surface area contributed by atoms with E-state index in [1.54, 1.807) is 18.2 Å². The monoisotopic (exact) mass is 188 g/mol. The average molecular weight is 188 g/mol. The summed E-state index contributed by atoms with van der Waals surface area (Å²) in [6.45, 7) is 0. The Bertz CT molecular complexity index is 557. The van der Waals surface area contributed by atoms with Crippen molar-refractivity contribution in [3.63, 3.8) is 0 Å². The van der Waals surface area contributed by atoms with E-state index in [0.717, 1.165) is 0 Å². The minimum absolute atomic E-state index is 0.0600. The van der Waals surface area contributed by atoms with Crippen LogP contribution in [0.25, 0.3) is 11.0 Å². The molecule has 0 aliphatic rings. The number of nitrogens with two attached hydrogens (primary N) is 1. The zero-order chi connectivity index (χ0) is 10.1. The van der Waals surface area contributed by atoms with E-state index in [4.69, 9.17) is 15.6 Å². The predicted molar refractivity (Wildman–Crippen MR) is 53.5 cm³/mol. The fourth-order valence-electron chi connectivity index (χ4n) is 1.25. The average Bonchev–Trinajstić information content (AvgIpc) is 2.18. The fourth-order valence-corrected chi connectivity index (χ4v) is 1.25. The largest absolute Gasteiger partial charge is 0.464 e. The number of hydrogen-bond acceptors (Lipinski definition) is 3. The smallest absolute Gasteiger partial charge is 0.192 e. The molecule has 4 nitrogen and oxygen atoms in total. The van der Waals surface area contributed by atoms with Crippen molar-refractivity contribution in [2.45, 2.75) is 0 Å². The first-order valence-electron chi connectivity index (χ1n) is 4.04. The van der Waals surface area contributed by atoms with Gasteiger partial charge in [-0.05, 0) is 18.2 Å². The first-order chi connectivity index (χ1) is 6.68. The third-order valence-electron chi connectivity index (χ3n) is 1.97. The van der Waals surface area contributed by atoms with Crippen LogP contribution < -0.4 is 11.2 Å². The molecule has 0 unspecified atom stereocenters. The van der Waals surface area contributed by atoms with Crippen LogP contribution in [0.1, 0.15) is 5.56 Å². The van der Waals surface area contributed by atoms with Crippen molar-refractivity contribution in [1.82, 2.24) is 0 Å². The summed E-state index contributed by atoms with van der Waals surface area (Å²) in [4.78, 5) is 11.4. The van der Waals surface area contributed by atoms with Crippen molar-refractivity contribution in [3.8, 4) is 0 Å². The molecule has 0 spiro atoms.